The average Bonchev–Trinajstić information content (AvgIpc) is 1.61. The van der Waals surface area contributed by atoms with E-state index in [0.29, 0.717) is 12.8 Å². The average molecular weight is 97.1 g/mol. The van der Waals surface area contributed by atoms with Crippen molar-refractivity contribution in [3.8, 4) is 6.07 Å². The quantitative estimate of drug-likeness (QED) is 0.544. The lowest BCUT2D eigenvalue weighted by atomic mass is 10.2. The first-order valence-electron chi connectivity index (χ1n) is 2.23. The van der Waals surface area contributed by atoms with Crippen LogP contribution in [0.1, 0.15) is 12.8 Å². The molecule has 0 aromatic heterocycles. The molecule has 0 aromatic rings. The van der Waals surface area contributed by atoms with Gasteiger partial charge in [-0.15, -0.1) is 0 Å². The topological polar surface area (TPSA) is 49.8 Å². The van der Waals surface area contributed by atoms with Gasteiger partial charge in [0.1, 0.15) is 0 Å². The Morgan fingerprint density at radius 1 is 1.86 bits per heavy atom. The van der Waals surface area contributed by atoms with E-state index < -0.39 is 0 Å². The highest BCUT2D eigenvalue weighted by Gasteiger charge is 1.89. The van der Waals surface area contributed by atoms with Gasteiger partial charge in [0.15, 0.2) is 0 Å². The molecule has 2 heteroatoms. The lowest BCUT2D eigenvalue weighted by molar-refractivity contribution is 0.736. The minimum Gasteiger partial charge on any atom is -0.328 e. The fourth-order valence-electron chi connectivity index (χ4n) is 0.250. The van der Waals surface area contributed by atoms with Gasteiger partial charge in [0.05, 0.1) is 6.07 Å². The van der Waals surface area contributed by atoms with Crippen LogP contribution in [0.5, 0.6) is 0 Å². The van der Waals surface area contributed by atoms with Gasteiger partial charge in [-0.05, 0) is 13.3 Å². The Labute approximate surface area is 43.9 Å². The molecule has 0 aliphatic rings. The van der Waals surface area contributed by atoms with Gasteiger partial charge in [0, 0.05) is 12.5 Å². The molecule has 1 radical (unpaired) electrons. The van der Waals surface area contributed by atoms with Gasteiger partial charge in [-0.1, -0.05) is 0 Å². The van der Waals surface area contributed by atoms with E-state index >= 15 is 0 Å². The summed E-state index contributed by atoms with van der Waals surface area (Å²) in [4.78, 5) is 0. The number of rotatable bonds is 2. The summed E-state index contributed by atoms with van der Waals surface area (Å²) in [6.45, 7) is 3.50. The maximum Gasteiger partial charge on any atom is 0.0622 e. The standard InChI is InChI=1S/C5H9N2/c1-5(7)3-2-4-6/h5H,1-3,7H2. The first-order chi connectivity index (χ1) is 3.27. The molecule has 0 aromatic carbocycles. The van der Waals surface area contributed by atoms with Crippen LogP contribution >= 0.6 is 0 Å². The zero-order chi connectivity index (χ0) is 5.70. The summed E-state index contributed by atoms with van der Waals surface area (Å²) in [7, 11) is 0. The van der Waals surface area contributed by atoms with Crippen molar-refractivity contribution in [2.24, 2.45) is 5.73 Å². The fraction of sp³-hybridized carbons (Fsp3) is 0.600. The van der Waals surface area contributed by atoms with E-state index in [1.165, 1.54) is 0 Å². The van der Waals surface area contributed by atoms with Crippen molar-refractivity contribution >= 4 is 0 Å². The second-order valence-electron chi connectivity index (χ2n) is 1.46. The van der Waals surface area contributed by atoms with E-state index in [1.54, 1.807) is 0 Å². The second kappa shape index (κ2) is 3.63. The molecule has 1 unspecified atom stereocenters. The van der Waals surface area contributed by atoms with E-state index in [0.717, 1.165) is 0 Å². The summed E-state index contributed by atoms with van der Waals surface area (Å²) in [5, 5.41) is 7.98. The summed E-state index contributed by atoms with van der Waals surface area (Å²) in [6, 6.07) is 1.91. The van der Waals surface area contributed by atoms with Crippen LogP contribution in [-0.4, -0.2) is 6.04 Å². The van der Waals surface area contributed by atoms with Gasteiger partial charge in [-0.25, -0.2) is 0 Å². The van der Waals surface area contributed by atoms with Crippen LogP contribution in [0, 0.1) is 18.3 Å². The van der Waals surface area contributed by atoms with Crippen molar-refractivity contribution in [2.45, 2.75) is 18.9 Å². The van der Waals surface area contributed by atoms with Crippen LogP contribution in [0.2, 0.25) is 0 Å². The van der Waals surface area contributed by atoms with Gasteiger partial charge >= 0.3 is 0 Å². The lowest BCUT2D eigenvalue weighted by Crippen LogP contribution is -2.13. The van der Waals surface area contributed by atoms with Crippen LogP contribution in [0.25, 0.3) is 0 Å². The molecule has 0 aliphatic heterocycles. The molecule has 0 aliphatic carbocycles. The third-order valence-corrected chi connectivity index (χ3v) is 0.627. The summed E-state index contributed by atoms with van der Waals surface area (Å²) >= 11 is 0. The van der Waals surface area contributed by atoms with Crippen molar-refractivity contribution < 1.29 is 0 Å². The van der Waals surface area contributed by atoms with Gasteiger partial charge < -0.3 is 5.73 Å². The van der Waals surface area contributed by atoms with Crippen LogP contribution in [0.3, 0.4) is 0 Å². The number of nitriles is 1. The summed E-state index contributed by atoms with van der Waals surface area (Å²) in [5.41, 5.74) is 5.22. The Bertz CT molecular complexity index is 70.6. The molecule has 1 atom stereocenters. The van der Waals surface area contributed by atoms with Crippen LogP contribution in [0.4, 0.5) is 0 Å². The summed E-state index contributed by atoms with van der Waals surface area (Å²) < 4.78 is 0. The maximum absolute atomic E-state index is 7.98. The maximum atomic E-state index is 7.98. The monoisotopic (exact) mass is 97.1 g/mol. The van der Waals surface area contributed by atoms with Gasteiger partial charge in [0.2, 0.25) is 0 Å². The molecule has 0 fully saturated rings. The van der Waals surface area contributed by atoms with Crippen LogP contribution in [0.15, 0.2) is 0 Å². The molecule has 0 heterocycles. The number of nitrogens with zero attached hydrogens (tertiary/aromatic N) is 1. The first-order valence-corrected chi connectivity index (χ1v) is 2.23. The van der Waals surface area contributed by atoms with Crippen LogP contribution in [-0.2, 0) is 0 Å². The zero-order valence-electron chi connectivity index (χ0n) is 4.22. The predicted octanol–water partition coefficient (Wildman–Crippen LogP) is 0.452. The molecule has 2 N–H and O–H groups in total. The smallest absolute Gasteiger partial charge is 0.0622 e. The molecule has 0 saturated heterocycles. The van der Waals surface area contributed by atoms with Crippen molar-refractivity contribution in [1.29, 1.82) is 5.26 Å². The zero-order valence-corrected chi connectivity index (χ0v) is 4.22. The molecule has 0 saturated carbocycles. The van der Waals surface area contributed by atoms with E-state index in [1.807, 2.05) is 6.07 Å². The highest BCUT2D eigenvalue weighted by atomic mass is 14.6. The predicted molar refractivity (Wildman–Crippen MR) is 28.2 cm³/mol. The highest BCUT2D eigenvalue weighted by Crippen LogP contribution is 1.88. The van der Waals surface area contributed by atoms with E-state index in [-0.39, 0.29) is 6.04 Å². The SMILES string of the molecule is [CH2]C(N)CCC#N. The lowest BCUT2D eigenvalue weighted by Gasteiger charge is -1.95. The molecule has 0 spiro atoms. The van der Waals surface area contributed by atoms with E-state index in [9.17, 15) is 0 Å². The normalized spacial score (nSPS) is 12.7. The highest BCUT2D eigenvalue weighted by molar-refractivity contribution is 4.74. The van der Waals surface area contributed by atoms with E-state index in [4.69, 9.17) is 11.0 Å². The van der Waals surface area contributed by atoms with E-state index in [2.05, 4.69) is 6.92 Å². The van der Waals surface area contributed by atoms with Crippen molar-refractivity contribution in [3.05, 3.63) is 6.92 Å². The Balaban J connectivity index is 2.86. The number of hydrogen-bond acceptors (Lipinski definition) is 2. The minimum atomic E-state index is -0.0698. The van der Waals surface area contributed by atoms with Gasteiger partial charge in [-0.3, -0.25) is 0 Å². The Hall–Kier alpha value is -0.550. The Kier molecular flexibility index (Phi) is 3.35. The molecular formula is C5H9N2. The number of hydrogen-bond donors (Lipinski definition) is 1. The summed E-state index contributed by atoms with van der Waals surface area (Å²) in [5.74, 6) is 0. The molecular weight excluding hydrogens is 88.1 g/mol. The molecule has 2 nitrogen and oxygen atoms in total. The van der Waals surface area contributed by atoms with Crippen molar-refractivity contribution in [1.82, 2.24) is 0 Å². The summed E-state index contributed by atoms with van der Waals surface area (Å²) in [6.07, 6.45) is 1.22. The molecule has 39 valence electrons. The van der Waals surface area contributed by atoms with Gasteiger partial charge in [-0.2, -0.15) is 5.26 Å². The fourth-order valence-corrected chi connectivity index (χ4v) is 0.250. The third kappa shape index (κ3) is 5.45. The first kappa shape index (κ1) is 6.45. The van der Waals surface area contributed by atoms with Crippen LogP contribution < -0.4 is 5.73 Å². The molecule has 0 amide bonds. The Morgan fingerprint density at radius 3 is 2.57 bits per heavy atom. The van der Waals surface area contributed by atoms with Crippen molar-refractivity contribution in [3.63, 3.8) is 0 Å². The molecule has 7 heavy (non-hydrogen) atoms. The third-order valence-electron chi connectivity index (χ3n) is 0.627. The molecule has 0 rings (SSSR count). The molecule has 0 bridgehead atoms. The second-order valence-corrected chi connectivity index (χ2v) is 1.46. The Morgan fingerprint density at radius 2 is 2.43 bits per heavy atom. The number of nitrogens with two attached hydrogens (primary N) is 1. The van der Waals surface area contributed by atoms with Gasteiger partial charge in [0.25, 0.3) is 0 Å². The minimum absolute atomic E-state index is 0.0698. The van der Waals surface area contributed by atoms with Crippen molar-refractivity contribution in [2.75, 3.05) is 0 Å². The largest absolute Gasteiger partial charge is 0.328 e.